The van der Waals surface area contributed by atoms with Crippen LogP contribution in [0.2, 0.25) is 0 Å². The van der Waals surface area contributed by atoms with Crippen molar-refractivity contribution in [2.75, 3.05) is 5.73 Å². The van der Waals surface area contributed by atoms with E-state index in [1.165, 1.54) is 11.8 Å². The Kier molecular flexibility index (Phi) is 3.13. The summed E-state index contributed by atoms with van der Waals surface area (Å²) in [4.78, 5) is 4.12. The molecule has 0 aliphatic heterocycles. The van der Waals surface area contributed by atoms with Gasteiger partial charge in [-0.2, -0.15) is 5.26 Å². The van der Waals surface area contributed by atoms with E-state index in [0.717, 1.165) is 5.76 Å². The highest BCUT2D eigenvalue weighted by molar-refractivity contribution is 7.98. The minimum absolute atomic E-state index is 0.497. The van der Waals surface area contributed by atoms with Gasteiger partial charge in [-0.1, -0.05) is 11.8 Å². The molecule has 2 heterocycles. The Labute approximate surface area is 97.1 Å². The van der Waals surface area contributed by atoms with Crippen molar-refractivity contribution in [1.29, 1.82) is 5.26 Å². The second-order valence-electron chi connectivity index (χ2n) is 3.10. The molecule has 0 spiro atoms. The van der Waals surface area contributed by atoms with Gasteiger partial charge in [0.1, 0.15) is 16.9 Å². The van der Waals surface area contributed by atoms with E-state index in [1.54, 1.807) is 18.5 Å². The normalized spacial score (nSPS) is 9.94. The molecular weight excluding hydrogens is 222 g/mol. The van der Waals surface area contributed by atoms with Crippen LogP contribution in [0.3, 0.4) is 0 Å². The third kappa shape index (κ3) is 2.35. The molecule has 2 rings (SSSR count). The van der Waals surface area contributed by atoms with Crippen molar-refractivity contribution in [3.05, 3.63) is 42.0 Å². The van der Waals surface area contributed by atoms with Crippen molar-refractivity contribution >= 4 is 17.4 Å². The first-order valence-corrected chi connectivity index (χ1v) is 5.59. The number of nitrogen functional groups attached to an aromatic ring is 1. The second-order valence-corrected chi connectivity index (χ2v) is 4.07. The third-order valence-corrected chi connectivity index (χ3v) is 2.95. The summed E-state index contributed by atoms with van der Waals surface area (Å²) in [5, 5.41) is 9.59. The molecule has 0 aliphatic rings. The molecule has 0 saturated heterocycles. The average Bonchev–Trinajstić information content (AvgIpc) is 2.80. The number of nitrogens with two attached hydrogens (primary N) is 1. The Balaban J connectivity index is 2.13. The van der Waals surface area contributed by atoms with Gasteiger partial charge in [-0.3, -0.25) is 0 Å². The average molecular weight is 231 g/mol. The van der Waals surface area contributed by atoms with Crippen LogP contribution in [0.15, 0.2) is 40.1 Å². The first-order chi connectivity index (χ1) is 7.79. The Bertz CT molecular complexity index is 517. The number of rotatable bonds is 3. The monoisotopic (exact) mass is 231 g/mol. The van der Waals surface area contributed by atoms with Gasteiger partial charge in [-0.15, -0.1) is 0 Å². The summed E-state index contributed by atoms with van der Waals surface area (Å²) < 4.78 is 5.20. The number of aromatic nitrogens is 1. The van der Waals surface area contributed by atoms with Crippen molar-refractivity contribution in [1.82, 2.24) is 4.98 Å². The fourth-order valence-electron chi connectivity index (χ4n) is 1.20. The molecule has 2 aromatic heterocycles. The number of anilines is 1. The summed E-state index contributed by atoms with van der Waals surface area (Å²) in [6.07, 6.45) is 3.17. The van der Waals surface area contributed by atoms with Crippen molar-refractivity contribution in [3.63, 3.8) is 0 Å². The van der Waals surface area contributed by atoms with Gasteiger partial charge >= 0.3 is 0 Å². The summed E-state index contributed by atoms with van der Waals surface area (Å²) in [5.41, 5.74) is 6.55. The van der Waals surface area contributed by atoms with Crippen LogP contribution in [0, 0.1) is 11.3 Å². The lowest BCUT2D eigenvalue weighted by Gasteiger charge is -2.01. The van der Waals surface area contributed by atoms with Crippen LogP contribution in [0.5, 0.6) is 0 Å². The maximum absolute atomic E-state index is 8.92. The molecule has 80 valence electrons. The van der Waals surface area contributed by atoms with Gasteiger partial charge in [0.05, 0.1) is 29.5 Å². The molecule has 0 aliphatic carbocycles. The highest BCUT2D eigenvalue weighted by atomic mass is 32.2. The molecule has 0 aromatic carbocycles. The zero-order valence-electron chi connectivity index (χ0n) is 8.38. The van der Waals surface area contributed by atoms with E-state index < -0.39 is 0 Å². The highest BCUT2D eigenvalue weighted by Crippen LogP contribution is 2.25. The molecule has 0 amide bonds. The van der Waals surface area contributed by atoms with Crippen molar-refractivity contribution < 1.29 is 4.42 Å². The first kappa shape index (κ1) is 10.6. The zero-order chi connectivity index (χ0) is 11.4. The third-order valence-electron chi connectivity index (χ3n) is 1.92. The Morgan fingerprint density at radius 3 is 3.12 bits per heavy atom. The van der Waals surface area contributed by atoms with Crippen LogP contribution in [-0.2, 0) is 5.75 Å². The van der Waals surface area contributed by atoms with Crippen molar-refractivity contribution in [2.24, 2.45) is 0 Å². The number of hydrogen-bond acceptors (Lipinski definition) is 5. The molecule has 4 nitrogen and oxygen atoms in total. The lowest BCUT2D eigenvalue weighted by molar-refractivity contribution is 0.530. The van der Waals surface area contributed by atoms with E-state index in [9.17, 15) is 0 Å². The van der Waals surface area contributed by atoms with Crippen LogP contribution >= 0.6 is 11.8 Å². The predicted octanol–water partition coefficient (Wildman–Crippen LogP) is 2.42. The summed E-state index contributed by atoms with van der Waals surface area (Å²) in [6.45, 7) is 0. The smallest absolute Gasteiger partial charge is 0.114 e. The fourth-order valence-corrected chi connectivity index (χ4v) is 2.03. The molecule has 0 saturated carbocycles. The fraction of sp³-hybridized carbons (Fsp3) is 0.0909. The maximum Gasteiger partial charge on any atom is 0.114 e. The summed E-state index contributed by atoms with van der Waals surface area (Å²) in [6, 6.07) is 7.41. The Morgan fingerprint density at radius 2 is 2.44 bits per heavy atom. The van der Waals surface area contributed by atoms with Crippen LogP contribution in [-0.4, -0.2) is 4.98 Å². The molecule has 2 N–H and O–H groups in total. The molecule has 16 heavy (non-hydrogen) atoms. The summed E-state index contributed by atoms with van der Waals surface area (Å²) in [7, 11) is 0. The van der Waals surface area contributed by atoms with E-state index in [4.69, 9.17) is 15.4 Å². The Hall–Kier alpha value is -1.93. The summed E-state index contributed by atoms with van der Waals surface area (Å²) >= 11 is 1.46. The molecule has 5 heteroatoms. The number of furan rings is 1. The number of thioether (sulfide) groups is 1. The molecule has 2 aromatic rings. The molecule has 0 bridgehead atoms. The van der Waals surface area contributed by atoms with Gasteiger partial charge in [0.15, 0.2) is 0 Å². The van der Waals surface area contributed by atoms with E-state index >= 15 is 0 Å². The summed E-state index contributed by atoms with van der Waals surface area (Å²) in [5.74, 6) is 1.51. The van der Waals surface area contributed by atoms with E-state index in [1.807, 2.05) is 12.1 Å². The minimum atomic E-state index is 0.497. The van der Waals surface area contributed by atoms with Gasteiger partial charge < -0.3 is 10.2 Å². The molecular formula is C11H9N3OS. The van der Waals surface area contributed by atoms with E-state index in [2.05, 4.69) is 11.1 Å². The first-order valence-electron chi connectivity index (χ1n) is 4.60. The van der Waals surface area contributed by atoms with E-state index in [-0.39, 0.29) is 0 Å². The SMILES string of the molecule is N#Cc1cc(N)cnc1SCc1ccco1. The topological polar surface area (TPSA) is 75.8 Å². The van der Waals surface area contributed by atoms with Gasteiger partial charge in [0, 0.05) is 0 Å². The quantitative estimate of drug-likeness (QED) is 0.821. The van der Waals surface area contributed by atoms with Crippen LogP contribution in [0.25, 0.3) is 0 Å². The van der Waals surface area contributed by atoms with Crippen LogP contribution < -0.4 is 5.73 Å². The zero-order valence-corrected chi connectivity index (χ0v) is 9.20. The molecule has 0 fully saturated rings. The molecule has 0 radical (unpaired) electrons. The van der Waals surface area contributed by atoms with Gasteiger partial charge in [0.25, 0.3) is 0 Å². The Morgan fingerprint density at radius 1 is 1.56 bits per heavy atom. The van der Waals surface area contributed by atoms with Crippen LogP contribution in [0.4, 0.5) is 5.69 Å². The maximum atomic E-state index is 8.92. The lowest BCUT2D eigenvalue weighted by atomic mass is 10.3. The van der Waals surface area contributed by atoms with Crippen LogP contribution in [0.1, 0.15) is 11.3 Å². The lowest BCUT2D eigenvalue weighted by Crippen LogP contribution is -1.92. The number of nitriles is 1. The standard InChI is InChI=1S/C11H9N3OS/c12-5-8-4-9(13)6-14-11(8)16-7-10-2-1-3-15-10/h1-4,6H,7,13H2. The number of nitrogens with zero attached hydrogens (tertiary/aromatic N) is 2. The largest absolute Gasteiger partial charge is 0.468 e. The molecule has 0 atom stereocenters. The highest BCUT2D eigenvalue weighted by Gasteiger charge is 2.06. The minimum Gasteiger partial charge on any atom is -0.468 e. The van der Waals surface area contributed by atoms with Crippen molar-refractivity contribution in [2.45, 2.75) is 10.8 Å². The van der Waals surface area contributed by atoms with Gasteiger partial charge in [-0.25, -0.2) is 4.98 Å². The van der Waals surface area contributed by atoms with Gasteiger partial charge in [0.2, 0.25) is 0 Å². The number of pyridine rings is 1. The second kappa shape index (κ2) is 4.73. The molecule has 0 unspecified atom stereocenters. The predicted molar refractivity (Wildman–Crippen MR) is 61.6 cm³/mol. The van der Waals surface area contributed by atoms with Crippen molar-refractivity contribution in [3.8, 4) is 6.07 Å². The van der Waals surface area contributed by atoms with E-state index in [0.29, 0.717) is 22.0 Å². The van der Waals surface area contributed by atoms with Gasteiger partial charge in [-0.05, 0) is 18.2 Å². The number of hydrogen-bond donors (Lipinski definition) is 1.